The van der Waals surface area contributed by atoms with Crippen LogP contribution in [-0.2, 0) is 17.8 Å². The van der Waals surface area contributed by atoms with Crippen LogP contribution in [-0.4, -0.2) is 37.5 Å². The number of amides is 1. The second kappa shape index (κ2) is 10.1. The molecule has 1 amide bonds. The van der Waals surface area contributed by atoms with Crippen molar-refractivity contribution in [2.75, 3.05) is 6.54 Å². The van der Waals surface area contributed by atoms with Gasteiger partial charge in [0.1, 0.15) is 5.52 Å². The molecule has 1 N–H and O–H groups in total. The van der Waals surface area contributed by atoms with Crippen molar-refractivity contribution in [2.45, 2.75) is 30.3 Å². The Morgan fingerprint density at radius 1 is 0.912 bits per heavy atom. The SMILES string of the molecule is CC(Sc1nnc2c3ccccc3n(Cc3ccccc3)c2n1)C(=O)NCCc1ccccc1. The molecule has 34 heavy (non-hydrogen) atoms. The summed E-state index contributed by atoms with van der Waals surface area (Å²) in [6.07, 6.45) is 0.799. The maximum absolute atomic E-state index is 12.6. The van der Waals surface area contributed by atoms with Crippen molar-refractivity contribution in [3.63, 3.8) is 0 Å². The van der Waals surface area contributed by atoms with Gasteiger partial charge in [0, 0.05) is 18.5 Å². The van der Waals surface area contributed by atoms with Gasteiger partial charge in [-0.2, -0.15) is 0 Å². The summed E-state index contributed by atoms with van der Waals surface area (Å²) in [5, 5.41) is 13.0. The predicted octanol–water partition coefficient (Wildman–Crippen LogP) is 4.87. The largest absolute Gasteiger partial charge is 0.355 e. The molecular formula is C27H25N5OS. The van der Waals surface area contributed by atoms with E-state index in [4.69, 9.17) is 4.98 Å². The molecule has 0 aliphatic heterocycles. The van der Waals surface area contributed by atoms with Gasteiger partial charge in [-0.15, -0.1) is 10.2 Å². The number of rotatable bonds is 8. The lowest BCUT2D eigenvalue weighted by Crippen LogP contribution is -2.32. The van der Waals surface area contributed by atoms with E-state index < -0.39 is 0 Å². The highest BCUT2D eigenvalue weighted by molar-refractivity contribution is 8.00. The zero-order valence-corrected chi connectivity index (χ0v) is 19.7. The Bertz CT molecular complexity index is 1420. The summed E-state index contributed by atoms with van der Waals surface area (Å²) in [6, 6.07) is 28.6. The average molecular weight is 468 g/mol. The molecule has 0 saturated carbocycles. The normalized spacial score (nSPS) is 12.1. The van der Waals surface area contributed by atoms with Gasteiger partial charge in [0.25, 0.3) is 0 Å². The number of carbonyl (C=O) groups excluding carboxylic acids is 1. The molecule has 5 aromatic rings. The van der Waals surface area contributed by atoms with Crippen LogP contribution >= 0.6 is 11.8 Å². The van der Waals surface area contributed by atoms with Crippen molar-refractivity contribution in [2.24, 2.45) is 0 Å². The highest BCUT2D eigenvalue weighted by Gasteiger charge is 2.19. The zero-order chi connectivity index (χ0) is 23.3. The molecule has 2 aromatic heterocycles. The Kier molecular flexibility index (Phi) is 6.53. The first-order valence-electron chi connectivity index (χ1n) is 11.3. The molecular weight excluding hydrogens is 442 g/mol. The van der Waals surface area contributed by atoms with Crippen LogP contribution in [0.1, 0.15) is 18.1 Å². The smallest absolute Gasteiger partial charge is 0.233 e. The van der Waals surface area contributed by atoms with Crippen LogP contribution in [0, 0.1) is 0 Å². The van der Waals surface area contributed by atoms with Gasteiger partial charge in [-0.05, 0) is 30.5 Å². The number of nitrogens with zero attached hydrogens (tertiary/aromatic N) is 4. The summed E-state index contributed by atoms with van der Waals surface area (Å²) in [7, 11) is 0. The van der Waals surface area contributed by atoms with Crippen molar-refractivity contribution < 1.29 is 4.79 Å². The van der Waals surface area contributed by atoms with Crippen molar-refractivity contribution in [1.29, 1.82) is 0 Å². The van der Waals surface area contributed by atoms with E-state index in [0.717, 1.165) is 28.5 Å². The van der Waals surface area contributed by atoms with Crippen molar-refractivity contribution >= 4 is 39.7 Å². The Morgan fingerprint density at radius 2 is 1.59 bits per heavy atom. The van der Waals surface area contributed by atoms with Crippen molar-refractivity contribution in [1.82, 2.24) is 25.1 Å². The minimum Gasteiger partial charge on any atom is -0.355 e. The molecule has 7 heteroatoms. The molecule has 0 saturated heterocycles. The number of hydrogen-bond acceptors (Lipinski definition) is 5. The van der Waals surface area contributed by atoms with E-state index in [1.807, 2.05) is 61.5 Å². The fourth-order valence-corrected chi connectivity index (χ4v) is 4.73. The summed E-state index contributed by atoms with van der Waals surface area (Å²) in [6.45, 7) is 3.15. The van der Waals surface area contributed by atoms with Gasteiger partial charge in [-0.25, -0.2) is 4.98 Å². The first-order chi connectivity index (χ1) is 16.7. The Hall–Kier alpha value is -3.71. The van der Waals surface area contributed by atoms with Crippen molar-refractivity contribution in [3.05, 3.63) is 96.1 Å². The van der Waals surface area contributed by atoms with Gasteiger partial charge in [0.05, 0.1) is 10.8 Å². The van der Waals surface area contributed by atoms with E-state index in [1.165, 1.54) is 22.9 Å². The van der Waals surface area contributed by atoms with Crippen molar-refractivity contribution in [3.8, 4) is 0 Å². The number of aromatic nitrogens is 4. The molecule has 0 radical (unpaired) electrons. The van der Waals surface area contributed by atoms with Gasteiger partial charge in [0.2, 0.25) is 11.1 Å². The second-order valence-corrected chi connectivity index (χ2v) is 9.45. The van der Waals surface area contributed by atoms with Crippen LogP contribution < -0.4 is 5.32 Å². The molecule has 2 heterocycles. The second-order valence-electron chi connectivity index (χ2n) is 8.14. The summed E-state index contributed by atoms with van der Waals surface area (Å²) < 4.78 is 2.17. The van der Waals surface area contributed by atoms with E-state index in [-0.39, 0.29) is 11.2 Å². The van der Waals surface area contributed by atoms with E-state index in [0.29, 0.717) is 18.2 Å². The Morgan fingerprint density at radius 3 is 2.35 bits per heavy atom. The third-order valence-corrected chi connectivity index (χ3v) is 6.70. The molecule has 0 bridgehead atoms. The van der Waals surface area contributed by atoms with Crippen LogP contribution in [0.3, 0.4) is 0 Å². The molecule has 6 nitrogen and oxygen atoms in total. The quantitative estimate of drug-likeness (QED) is 0.330. The summed E-state index contributed by atoms with van der Waals surface area (Å²) in [5.74, 6) is -0.0329. The lowest BCUT2D eigenvalue weighted by atomic mass is 10.1. The van der Waals surface area contributed by atoms with Crippen LogP contribution in [0.15, 0.2) is 90.1 Å². The number of benzene rings is 3. The number of carbonyl (C=O) groups is 1. The number of hydrogen-bond donors (Lipinski definition) is 1. The topological polar surface area (TPSA) is 72.7 Å². The predicted molar refractivity (Wildman–Crippen MR) is 137 cm³/mol. The highest BCUT2D eigenvalue weighted by atomic mass is 32.2. The number of para-hydroxylation sites is 1. The fourth-order valence-electron chi connectivity index (χ4n) is 4.00. The first kappa shape index (κ1) is 22.1. The van der Waals surface area contributed by atoms with Gasteiger partial charge in [0.15, 0.2) is 5.65 Å². The molecule has 1 unspecified atom stereocenters. The summed E-state index contributed by atoms with van der Waals surface area (Å²) >= 11 is 1.33. The van der Waals surface area contributed by atoms with E-state index in [1.54, 1.807) is 0 Å². The molecule has 1 atom stereocenters. The maximum atomic E-state index is 12.6. The third-order valence-electron chi connectivity index (χ3n) is 5.75. The van der Waals surface area contributed by atoms with Gasteiger partial charge in [-0.1, -0.05) is 90.6 Å². The van der Waals surface area contributed by atoms with E-state index >= 15 is 0 Å². The fraction of sp³-hybridized carbons (Fsp3) is 0.185. The number of nitrogens with one attached hydrogen (secondary N) is 1. The maximum Gasteiger partial charge on any atom is 0.233 e. The van der Waals surface area contributed by atoms with Gasteiger partial charge < -0.3 is 9.88 Å². The summed E-state index contributed by atoms with van der Waals surface area (Å²) in [5.41, 5.74) is 5.00. The molecule has 5 rings (SSSR count). The molecule has 0 aliphatic carbocycles. The van der Waals surface area contributed by atoms with Crippen LogP contribution in [0.5, 0.6) is 0 Å². The average Bonchev–Trinajstić information content (AvgIpc) is 3.18. The molecule has 170 valence electrons. The minimum atomic E-state index is -0.332. The van der Waals surface area contributed by atoms with E-state index in [9.17, 15) is 4.79 Å². The number of fused-ring (bicyclic) bond motifs is 3. The monoisotopic (exact) mass is 467 g/mol. The lowest BCUT2D eigenvalue weighted by Gasteiger charge is -2.11. The highest BCUT2D eigenvalue weighted by Crippen LogP contribution is 2.29. The van der Waals surface area contributed by atoms with E-state index in [2.05, 4.69) is 50.4 Å². The number of thioether (sulfide) groups is 1. The standard InChI is InChI=1S/C27H25N5OS/c1-19(26(33)28-17-16-20-10-4-2-5-11-20)34-27-29-25-24(30-31-27)22-14-8-9-15-23(22)32(25)18-21-12-6-3-7-13-21/h2-15,19H,16-18H2,1H3,(H,28,33). The molecule has 0 aliphatic rings. The summed E-state index contributed by atoms with van der Waals surface area (Å²) in [4.78, 5) is 17.5. The zero-order valence-electron chi connectivity index (χ0n) is 18.9. The van der Waals surface area contributed by atoms with Gasteiger partial charge >= 0.3 is 0 Å². The Balaban J connectivity index is 1.35. The molecule has 0 fully saturated rings. The van der Waals surface area contributed by atoms with Gasteiger partial charge in [-0.3, -0.25) is 4.79 Å². The van der Waals surface area contributed by atoms with Crippen LogP contribution in [0.2, 0.25) is 0 Å². The molecule has 0 spiro atoms. The first-order valence-corrected chi connectivity index (χ1v) is 12.2. The third kappa shape index (κ3) is 4.79. The minimum absolute atomic E-state index is 0.0329. The van der Waals surface area contributed by atoms with Crippen LogP contribution in [0.25, 0.3) is 22.1 Å². The molecule has 3 aromatic carbocycles. The Labute approximate surface area is 202 Å². The lowest BCUT2D eigenvalue weighted by molar-refractivity contribution is -0.120. The van der Waals surface area contributed by atoms with Crippen LogP contribution in [0.4, 0.5) is 0 Å².